The Bertz CT molecular complexity index is 376. The van der Waals surface area contributed by atoms with Crippen LogP contribution in [0.3, 0.4) is 0 Å². The van der Waals surface area contributed by atoms with Gasteiger partial charge in [0.05, 0.1) is 7.11 Å². The van der Waals surface area contributed by atoms with Crippen molar-refractivity contribution in [3.63, 3.8) is 0 Å². The van der Waals surface area contributed by atoms with Gasteiger partial charge in [-0.15, -0.1) is 0 Å². The number of rotatable bonds is 2. The largest absolute Gasteiger partial charge is 0.497 e. The first-order valence-electron chi connectivity index (χ1n) is 5.72. The van der Waals surface area contributed by atoms with E-state index in [4.69, 9.17) is 15.2 Å². The number of hydrogen-bond donors (Lipinski definition) is 1. The second kappa shape index (κ2) is 4.34. The van der Waals surface area contributed by atoms with E-state index in [2.05, 4.69) is 13.8 Å². The molecule has 1 aliphatic rings. The van der Waals surface area contributed by atoms with Crippen molar-refractivity contribution in [3.8, 4) is 11.5 Å². The van der Waals surface area contributed by atoms with E-state index >= 15 is 0 Å². The van der Waals surface area contributed by atoms with E-state index in [-0.39, 0.29) is 12.1 Å². The quantitative estimate of drug-likeness (QED) is 0.834. The number of methoxy groups -OCH3 is 1. The van der Waals surface area contributed by atoms with Gasteiger partial charge in [-0.25, -0.2) is 0 Å². The van der Waals surface area contributed by atoms with Crippen molar-refractivity contribution in [2.75, 3.05) is 7.11 Å². The number of hydrogen-bond acceptors (Lipinski definition) is 3. The lowest BCUT2D eigenvalue weighted by Crippen LogP contribution is -2.33. The molecule has 0 aromatic heterocycles. The maximum atomic E-state index is 6.16. The molecule has 16 heavy (non-hydrogen) atoms. The Morgan fingerprint density at radius 2 is 2.19 bits per heavy atom. The standard InChI is InChI=1S/C13H19NO2/c1-8(2)13-7-11(14)10-6-9(15-3)4-5-12(10)16-13/h4-6,8,11,13H,7,14H2,1-3H3. The lowest BCUT2D eigenvalue weighted by atomic mass is 9.92. The maximum Gasteiger partial charge on any atom is 0.124 e. The highest BCUT2D eigenvalue weighted by atomic mass is 16.5. The molecule has 1 aromatic rings. The molecule has 2 rings (SSSR count). The van der Waals surface area contributed by atoms with Gasteiger partial charge in [0.1, 0.15) is 17.6 Å². The van der Waals surface area contributed by atoms with Crippen molar-refractivity contribution < 1.29 is 9.47 Å². The first-order chi connectivity index (χ1) is 7.61. The van der Waals surface area contributed by atoms with Crippen LogP contribution >= 0.6 is 0 Å². The Labute approximate surface area is 96.5 Å². The molecule has 0 radical (unpaired) electrons. The molecule has 1 heterocycles. The van der Waals surface area contributed by atoms with Crippen molar-refractivity contribution in [2.45, 2.75) is 32.4 Å². The Morgan fingerprint density at radius 3 is 2.81 bits per heavy atom. The molecule has 2 unspecified atom stereocenters. The van der Waals surface area contributed by atoms with Crippen LogP contribution in [0.15, 0.2) is 18.2 Å². The third-order valence-electron chi connectivity index (χ3n) is 3.12. The van der Waals surface area contributed by atoms with Crippen LogP contribution in [0, 0.1) is 5.92 Å². The van der Waals surface area contributed by atoms with Gasteiger partial charge >= 0.3 is 0 Å². The van der Waals surface area contributed by atoms with E-state index in [9.17, 15) is 0 Å². The van der Waals surface area contributed by atoms with Crippen LogP contribution in [0.1, 0.15) is 31.9 Å². The average molecular weight is 221 g/mol. The summed E-state index contributed by atoms with van der Waals surface area (Å²) in [4.78, 5) is 0. The summed E-state index contributed by atoms with van der Waals surface area (Å²) in [7, 11) is 1.66. The molecule has 0 spiro atoms. The second-order valence-corrected chi connectivity index (χ2v) is 4.65. The summed E-state index contributed by atoms with van der Waals surface area (Å²) in [6.45, 7) is 4.32. The minimum absolute atomic E-state index is 0.0475. The average Bonchev–Trinajstić information content (AvgIpc) is 2.28. The smallest absolute Gasteiger partial charge is 0.124 e. The first kappa shape index (κ1) is 11.3. The maximum absolute atomic E-state index is 6.16. The summed E-state index contributed by atoms with van der Waals surface area (Å²) in [6, 6.07) is 5.87. The molecule has 0 saturated heterocycles. The molecule has 88 valence electrons. The molecule has 3 nitrogen and oxygen atoms in total. The molecule has 0 fully saturated rings. The molecule has 0 amide bonds. The number of fused-ring (bicyclic) bond motifs is 1. The van der Waals surface area contributed by atoms with Crippen molar-refractivity contribution in [1.82, 2.24) is 0 Å². The SMILES string of the molecule is COc1ccc2c(c1)C(N)CC(C(C)C)O2. The van der Waals surface area contributed by atoms with Gasteiger partial charge in [-0.3, -0.25) is 0 Å². The van der Waals surface area contributed by atoms with Crippen LogP contribution in [0.2, 0.25) is 0 Å². The fourth-order valence-electron chi connectivity index (χ4n) is 2.05. The normalized spacial score (nSPS) is 23.8. The second-order valence-electron chi connectivity index (χ2n) is 4.65. The fourth-order valence-corrected chi connectivity index (χ4v) is 2.05. The Kier molecular flexibility index (Phi) is 3.06. The first-order valence-corrected chi connectivity index (χ1v) is 5.72. The van der Waals surface area contributed by atoms with Crippen molar-refractivity contribution in [2.24, 2.45) is 11.7 Å². The van der Waals surface area contributed by atoms with E-state index in [0.29, 0.717) is 5.92 Å². The van der Waals surface area contributed by atoms with Gasteiger partial charge in [-0.05, 0) is 24.1 Å². The van der Waals surface area contributed by atoms with Gasteiger partial charge in [0, 0.05) is 18.0 Å². The predicted octanol–water partition coefficient (Wildman–Crippen LogP) is 2.50. The van der Waals surface area contributed by atoms with Crippen LogP contribution in [0.5, 0.6) is 11.5 Å². The number of benzene rings is 1. The van der Waals surface area contributed by atoms with Gasteiger partial charge in [-0.2, -0.15) is 0 Å². The van der Waals surface area contributed by atoms with E-state index in [0.717, 1.165) is 23.5 Å². The van der Waals surface area contributed by atoms with Crippen LogP contribution < -0.4 is 15.2 Å². The third-order valence-corrected chi connectivity index (χ3v) is 3.12. The van der Waals surface area contributed by atoms with Crippen LogP contribution in [0.4, 0.5) is 0 Å². The molecule has 0 aliphatic carbocycles. The molecule has 2 N–H and O–H groups in total. The Morgan fingerprint density at radius 1 is 1.44 bits per heavy atom. The zero-order valence-corrected chi connectivity index (χ0v) is 10.1. The summed E-state index contributed by atoms with van der Waals surface area (Å²) in [5, 5.41) is 0. The minimum atomic E-state index is 0.0475. The highest BCUT2D eigenvalue weighted by Gasteiger charge is 2.28. The summed E-state index contributed by atoms with van der Waals surface area (Å²) in [5.41, 5.74) is 7.21. The molecule has 1 aliphatic heterocycles. The van der Waals surface area contributed by atoms with E-state index < -0.39 is 0 Å². The van der Waals surface area contributed by atoms with Crippen molar-refractivity contribution in [3.05, 3.63) is 23.8 Å². The zero-order chi connectivity index (χ0) is 11.7. The number of ether oxygens (including phenoxy) is 2. The highest BCUT2D eigenvalue weighted by molar-refractivity contribution is 5.43. The lowest BCUT2D eigenvalue weighted by molar-refractivity contribution is 0.115. The van der Waals surface area contributed by atoms with E-state index in [1.807, 2.05) is 18.2 Å². The summed E-state index contributed by atoms with van der Waals surface area (Å²) < 4.78 is 11.1. The molecule has 2 atom stereocenters. The molecule has 1 aromatic carbocycles. The van der Waals surface area contributed by atoms with Gasteiger partial charge in [0.2, 0.25) is 0 Å². The van der Waals surface area contributed by atoms with Gasteiger partial charge in [0.15, 0.2) is 0 Å². The van der Waals surface area contributed by atoms with Gasteiger partial charge < -0.3 is 15.2 Å². The summed E-state index contributed by atoms with van der Waals surface area (Å²) in [5.74, 6) is 2.22. The highest BCUT2D eigenvalue weighted by Crippen LogP contribution is 2.37. The summed E-state index contributed by atoms with van der Waals surface area (Å²) >= 11 is 0. The zero-order valence-electron chi connectivity index (χ0n) is 10.1. The Balaban J connectivity index is 2.30. The third kappa shape index (κ3) is 2.00. The minimum Gasteiger partial charge on any atom is -0.497 e. The van der Waals surface area contributed by atoms with Crippen molar-refractivity contribution >= 4 is 0 Å². The van der Waals surface area contributed by atoms with Crippen LogP contribution in [-0.4, -0.2) is 13.2 Å². The molecule has 3 heteroatoms. The summed E-state index contributed by atoms with van der Waals surface area (Å²) in [6.07, 6.45) is 1.09. The number of nitrogens with two attached hydrogens (primary N) is 1. The van der Waals surface area contributed by atoms with Crippen LogP contribution in [0.25, 0.3) is 0 Å². The monoisotopic (exact) mass is 221 g/mol. The molecule has 0 bridgehead atoms. The Hall–Kier alpha value is -1.22. The fraction of sp³-hybridized carbons (Fsp3) is 0.538. The van der Waals surface area contributed by atoms with Gasteiger partial charge in [-0.1, -0.05) is 13.8 Å². The van der Waals surface area contributed by atoms with Gasteiger partial charge in [0.25, 0.3) is 0 Å². The van der Waals surface area contributed by atoms with E-state index in [1.54, 1.807) is 7.11 Å². The van der Waals surface area contributed by atoms with Crippen LogP contribution in [-0.2, 0) is 0 Å². The molecular weight excluding hydrogens is 202 g/mol. The molecular formula is C13H19NO2. The van der Waals surface area contributed by atoms with Crippen molar-refractivity contribution in [1.29, 1.82) is 0 Å². The lowest BCUT2D eigenvalue weighted by Gasteiger charge is -2.32. The molecule has 0 saturated carbocycles. The van der Waals surface area contributed by atoms with E-state index in [1.165, 1.54) is 0 Å². The topological polar surface area (TPSA) is 44.5 Å². The predicted molar refractivity (Wildman–Crippen MR) is 63.8 cm³/mol.